The average Bonchev–Trinajstić information content (AvgIpc) is 2.46. The summed E-state index contributed by atoms with van der Waals surface area (Å²) in [5.41, 5.74) is 0. The van der Waals surface area contributed by atoms with Crippen LogP contribution in [0.1, 0.15) is 12.8 Å². The monoisotopic (exact) mass is 359 g/mol. The van der Waals surface area contributed by atoms with Crippen molar-refractivity contribution in [3.05, 3.63) is 18.2 Å². The van der Waals surface area contributed by atoms with Gasteiger partial charge in [0.05, 0.1) is 6.61 Å². The summed E-state index contributed by atoms with van der Waals surface area (Å²) in [6.07, 6.45) is -8.60. The predicted octanol–water partition coefficient (Wildman–Crippen LogP) is 3.86. The number of benzene rings is 1. The summed E-state index contributed by atoms with van der Waals surface area (Å²) in [6, 6.07) is 2.56. The molecule has 0 aromatic heterocycles. The maximum atomic E-state index is 12.4. The SMILES string of the molecule is FC(F)(F)Oc1ccc(OCC2CCNCC2)cc1OC(F)(F)F. The molecule has 0 amide bonds. The van der Waals surface area contributed by atoms with Gasteiger partial charge in [0.1, 0.15) is 5.75 Å². The molecule has 1 fully saturated rings. The second kappa shape index (κ2) is 7.37. The molecule has 1 saturated heterocycles. The Hall–Kier alpha value is -1.84. The van der Waals surface area contributed by atoms with E-state index in [2.05, 4.69) is 14.8 Å². The van der Waals surface area contributed by atoms with Gasteiger partial charge in [-0.2, -0.15) is 0 Å². The lowest BCUT2D eigenvalue weighted by atomic mass is 9.99. The molecule has 1 aliphatic rings. The Morgan fingerprint density at radius 2 is 1.50 bits per heavy atom. The number of hydrogen-bond donors (Lipinski definition) is 1. The Bertz CT molecular complexity index is 540. The van der Waals surface area contributed by atoms with Gasteiger partial charge in [0, 0.05) is 6.07 Å². The van der Waals surface area contributed by atoms with Crippen molar-refractivity contribution in [1.82, 2.24) is 5.32 Å². The summed E-state index contributed by atoms with van der Waals surface area (Å²) in [5.74, 6) is -2.00. The van der Waals surface area contributed by atoms with Crippen LogP contribution in [-0.2, 0) is 0 Å². The standard InChI is InChI=1S/C14H15F6NO3/c15-13(16,17)23-11-2-1-10(7-12(11)24-14(18,19)20)22-8-9-3-5-21-6-4-9/h1-2,7,9,21H,3-6,8H2. The zero-order valence-corrected chi connectivity index (χ0v) is 12.3. The molecule has 0 aliphatic carbocycles. The molecule has 0 spiro atoms. The van der Waals surface area contributed by atoms with Crippen LogP contribution in [0.15, 0.2) is 18.2 Å². The Kier molecular flexibility index (Phi) is 5.68. The predicted molar refractivity (Wildman–Crippen MR) is 70.9 cm³/mol. The molecule has 10 heteroatoms. The molecule has 1 heterocycles. The van der Waals surface area contributed by atoms with E-state index in [1.54, 1.807) is 0 Å². The summed E-state index contributed by atoms with van der Waals surface area (Å²) in [4.78, 5) is 0. The van der Waals surface area contributed by atoms with Crippen LogP contribution in [0.3, 0.4) is 0 Å². The first kappa shape index (κ1) is 18.5. The van der Waals surface area contributed by atoms with Gasteiger partial charge in [-0.25, -0.2) is 0 Å². The fourth-order valence-electron chi connectivity index (χ4n) is 2.25. The fraction of sp³-hybridized carbons (Fsp3) is 0.571. The van der Waals surface area contributed by atoms with Crippen LogP contribution >= 0.6 is 0 Å². The second-order valence-electron chi connectivity index (χ2n) is 5.21. The summed E-state index contributed by atoms with van der Waals surface area (Å²) >= 11 is 0. The van der Waals surface area contributed by atoms with E-state index >= 15 is 0 Å². The Morgan fingerprint density at radius 3 is 2.08 bits per heavy atom. The number of halogens is 6. The fourth-order valence-corrected chi connectivity index (χ4v) is 2.25. The second-order valence-corrected chi connectivity index (χ2v) is 5.21. The molecular weight excluding hydrogens is 344 g/mol. The van der Waals surface area contributed by atoms with Crippen LogP contribution in [0.2, 0.25) is 0 Å². The van der Waals surface area contributed by atoms with Gasteiger partial charge in [-0.05, 0) is 44.0 Å². The van der Waals surface area contributed by atoms with Crippen molar-refractivity contribution in [3.63, 3.8) is 0 Å². The number of rotatable bonds is 5. The van der Waals surface area contributed by atoms with Crippen molar-refractivity contribution >= 4 is 0 Å². The minimum absolute atomic E-state index is 0.0256. The van der Waals surface area contributed by atoms with Crippen molar-refractivity contribution in [3.8, 4) is 17.2 Å². The quantitative estimate of drug-likeness (QED) is 0.811. The van der Waals surface area contributed by atoms with Crippen LogP contribution in [0.25, 0.3) is 0 Å². The number of ether oxygens (including phenoxy) is 3. The molecule has 24 heavy (non-hydrogen) atoms. The van der Waals surface area contributed by atoms with Crippen molar-refractivity contribution in [1.29, 1.82) is 0 Å². The number of hydrogen-bond acceptors (Lipinski definition) is 4. The Labute approximate surface area is 133 Å². The van der Waals surface area contributed by atoms with Gasteiger partial charge in [0.2, 0.25) is 0 Å². The lowest BCUT2D eigenvalue weighted by Crippen LogP contribution is -2.30. The molecule has 1 aliphatic heterocycles. The third-order valence-electron chi connectivity index (χ3n) is 3.31. The van der Waals surface area contributed by atoms with E-state index in [9.17, 15) is 26.3 Å². The average molecular weight is 359 g/mol. The first-order chi connectivity index (χ1) is 11.1. The molecule has 0 unspecified atom stereocenters. The molecule has 0 atom stereocenters. The minimum atomic E-state index is -5.16. The van der Waals surface area contributed by atoms with Crippen molar-refractivity contribution in [2.24, 2.45) is 5.92 Å². The van der Waals surface area contributed by atoms with E-state index in [4.69, 9.17) is 4.74 Å². The van der Waals surface area contributed by atoms with Crippen LogP contribution in [0.4, 0.5) is 26.3 Å². The summed E-state index contributed by atoms with van der Waals surface area (Å²) < 4.78 is 86.3. The van der Waals surface area contributed by atoms with E-state index in [1.165, 1.54) is 0 Å². The first-order valence-electron chi connectivity index (χ1n) is 7.11. The summed E-state index contributed by atoms with van der Waals surface area (Å²) in [7, 11) is 0. The van der Waals surface area contributed by atoms with Crippen molar-refractivity contribution < 1.29 is 40.6 Å². The van der Waals surface area contributed by atoms with Crippen molar-refractivity contribution in [2.45, 2.75) is 25.6 Å². The van der Waals surface area contributed by atoms with Gasteiger partial charge < -0.3 is 19.5 Å². The molecule has 2 rings (SSSR count). The lowest BCUT2D eigenvalue weighted by Gasteiger charge is -2.23. The molecule has 136 valence electrons. The highest BCUT2D eigenvalue weighted by atomic mass is 19.4. The summed E-state index contributed by atoms with van der Waals surface area (Å²) in [5, 5.41) is 3.15. The van der Waals surface area contributed by atoms with Crippen LogP contribution in [-0.4, -0.2) is 32.4 Å². The van der Waals surface area contributed by atoms with Gasteiger partial charge in [0.25, 0.3) is 0 Å². The van der Waals surface area contributed by atoms with E-state index in [0.717, 1.165) is 44.1 Å². The smallest absolute Gasteiger partial charge is 0.493 e. The third-order valence-corrected chi connectivity index (χ3v) is 3.31. The zero-order chi connectivity index (χ0) is 17.8. The highest BCUT2D eigenvalue weighted by molar-refractivity contribution is 5.45. The lowest BCUT2D eigenvalue weighted by molar-refractivity contribution is -0.287. The normalized spacial score (nSPS) is 16.8. The van der Waals surface area contributed by atoms with Gasteiger partial charge in [-0.3, -0.25) is 0 Å². The topological polar surface area (TPSA) is 39.7 Å². The molecule has 1 aromatic carbocycles. The maximum Gasteiger partial charge on any atom is 0.573 e. The molecule has 0 bridgehead atoms. The largest absolute Gasteiger partial charge is 0.573 e. The van der Waals surface area contributed by atoms with E-state index in [-0.39, 0.29) is 18.3 Å². The number of piperidine rings is 1. The molecule has 4 nitrogen and oxygen atoms in total. The first-order valence-corrected chi connectivity index (χ1v) is 7.11. The molecule has 0 radical (unpaired) electrons. The molecule has 0 saturated carbocycles. The summed E-state index contributed by atoms with van der Waals surface area (Å²) in [6.45, 7) is 1.89. The number of alkyl halides is 6. The molecule has 1 aromatic rings. The Balaban J connectivity index is 2.10. The van der Waals surface area contributed by atoms with Gasteiger partial charge in [-0.1, -0.05) is 0 Å². The zero-order valence-electron chi connectivity index (χ0n) is 12.3. The minimum Gasteiger partial charge on any atom is -0.493 e. The molecule has 1 N–H and O–H groups in total. The highest BCUT2D eigenvalue weighted by Gasteiger charge is 2.36. The van der Waals surface area contributed by atoms with Gasteiger partial charge >= 0.3 is 12.7 Å². The maximum absolute atomic E-state index is 12.4. The van der Waals surface area contributed by atoms with Crippen LogP contribution in [0, 0.1) is 5.92 Å². The van der Waals surface area contributed by atoms with E-state index in [0.29, 0.717) is 0 Å². The molecular formula is C14H15F6NO3. The Morgan fingerprint density at radius 1 is 0.917 bits per heavy atom. The van der Waals surface area contributed by atoms with Crippen molar-refractivity contribution in [2.75, 3.05) is 19.7 Å². The highest BCUT2D eigenvalue weighted by Crippen LogP contribution is 2.38. The third kappa shape index (κ3) is 6.34. The van der Waals surface area contributed by atoms with Gasteiger partial charge in [-0.15, -0.1) is 26.3 Å². The number of nitrogens with one attached hydrogen (secondary N) is 1. The van der Waals surface area contributed by atoms with E-state index < -0.39 is 24.2 Å². The van der Waals surface area contributed by atoms with E-state index in [1.807, 2.05) is 0 Å². The van der Waals surface area contributed by atoms with Gasteiger partial charge in [0.15, 0.2) is 11.5 Å². The van der Waals surface area contributed by atoms with Crippen LogP contribution in [0.5, 0.6) is 17.2 Å². The van der Waals surface area contributed by atoms with Crippen LogP contribution < -0.4 is 19.5 Å².